The molecule has 0 aliphatic heterocycles. The van der Waals surface area contributed by atoms with Crippen LogP contribution in [-0.4, -0.2) is 86.7 Å². The van der Waals surface area contributed by atoms with Crippen molar-refractivity contribution in [3.05, 3.63) is 10.4 Å². The van der Waals surface area contributed by atoms with Crippen LogP contribution < -0.4 is 10.6 Å². The van der Waals surface area contributed by atoms with Crippen molar-refractivity contribution in [1.29, 1.82) is 0 Å². The molecule has 0 aliphatic rings. The van der Waals surface area contributed by atoms with Gasteiger partial charge in [-0.25, -0.2) is 0 Å². The van der Waals surface area contributed by atoms with Gasteiger partial charge in [-0.2, -0.15) is 0 Å². The molecule has 0 rings (SSSR count). The highest BCUT2D eigenvalue weighted by Gasteiger charge is 2.21. The molecule has 0 aromatic carbocycles. The van der Waals surface area contributed by atoms with E-state index in [1.54, 1.807) is 14.0 Å². The summed E-state index contributed by atoms with van der Waals surface area (Å²) in [5, 5.41) is 8.61. The number of amides is 3. The number of hydrogen-bond donors (Lipinski definition) is 2. The minimum Gasteiger partial charge on any atom is -0.345 e. The minimum absolute atomic E-state index is 0.0837. The molecule has 0 aliphatic carbocycles. The highest BCUT2D eigenvalue weighted by molar-refractivity contribution is 5.91. The van der Waals surface area contributed by atoms with E-state index < -0.39 is 17.9 Å². The Bertz CT molecular complexity index is 560. The first kappa shape index (κ1) is 23.4. The van der Waals surface area contributed by atoms with Crippen molar-refractivity contribution >= 4 is 23.5 Å². The van der Waals surface area contributed by atoms with Gasteiger partial charge in [-0.15, -0.1) is 0 Å². The fraction of sp³-hybridized carbons (Fsp3) is 0.733. The standard InChI is InChI=1S/C15H27N7O4/c1-5-12(23)11(6-7-18-20-16)19-13(24)9-21(3)15(26)10-22(4)14(25)8-17-2/h11,17H,5-10H2,1-4H3,(H,19,24). The molecule has 0 radical (unpaired) electrons. The molecule has 0 spiro atoms. The molecule has 0 fully saturated rings. The maximum absolute atomic E-state index is 12.1. The largest absolute Gasteiger partial charge is 0.345 e. The van der Waals surface area contributed by atoms with E-state index in [1.165, 1.54) is 23.9 Å². The topological polar surface area (TPSA) is 148 Å². The highest BCUT2D eigenvalue weighted by Crippen LogP contribution is 2.00. The van der Waals surface area contributed by atoms with Crippen LogP contribution >= 0.6 is 0 Å². The summed E-state index contributed by atoms with van der Waals surface area (Å²) in [6.07, 6.45) is 0.426. The van der Waals surface area contributed by atoms with Gasteiger partial charge in [0.2, 0.25) is 17.7 Å². The monoisotopic (exact) mass is 369 g/mol. The lowest BCUT2D eigenvalue weighted by molar-refractivity contribution is -0.140. The normalized spacial score (nSPS) is 11.1. The molecular formula is C15H27N7O4. The molecule has 0 heterocycles. The zero-order chi connectivity index (χ0) is 20.1. The number of nitrogens with zero attached hydrogens (tertiary/aromatic N) is 5. The number of likely N-dealkylation sites (N-methyl/N-ethyl adjacent to an activating group) is 3. The molecule has 26 heavy (non-hydrogen) atoms. The summed E-state index contributed by atoms with van der Waals surface area (Å²) in [4.78, 5) is 52.7. The lowest BCUT2D eigenvalue weighted by Crippen LogP contribution is -2.48. The lowest BCUT2D eigenvalue weighted by atomic mass is 10.1. The van der Waals surface area contributed by atoms with Crippen LogP contribution in [0.2, 0.25) is 0 Å². The molecule has 3 amide bonds. The van der Waals surface area contributed by atoms with Crippen LogP contribution in [0.25, 0.3) is 10.4 Å². The average molecular weight is 369 g/mol. The first-order valence-corrected chi connectivity index (χ1v) is 8.22. The third-order valence-electron chi connectivity index (χ3n) is 3.59. The van der Waals surface area contributed by atoms with Crippen molar-refractivity contribution in [3.8, 4) is 0 Å². The summed E-state index contributed by atoms with van der Waals surface area (Å²) in [6, 6.07) is -0.763. The number of azide groups is 1. The van der Waals surface area contributed by atoms with Gasteiger partial charge in [0.15, 0.2) is 5.78 Å². The quantitative estimate of drug-likeness (QED) is 0.265. The van der Waals surface area contributed by atoms with Crippen molar-refractivity contribution in [2.75, 3.05) is 47.3 Å². The number of ketones is 1. The van der Waals surface area contributed by atoms with E-state index in [4.69, 9.17) is 5.53 Å². The minimum atomic E-state index is -0.763. The Morgan fingerprint density at radius 1 is 1.12 bits per heavy atom. The lowest BCUT2D eigenvalue weighted by Gasteiger charge is -2.23. The molecule has 146 valence electrons. The smallest absolute Gasteiger partial charge is 0.242 e. The summed E-state index contributed by atoms with van der Waals surface area (Å²) in [5.74, 6) is -1.33. The first-order valence-electron chi connectivity index (χ1n) is 8.22. The molecule has 0 aromatic heterocycles. The van der Waals surface area contributed by atoms with Crippen LogP contribution in [0.1, 0.15) is 19.8 Å². The zero-order valence-corrected chi connectivity index (χ0v) is 15.7. The zero-order valence-electron chi connectivity index (χ0n) is 15.7. The van der Waals surface area contributed by atoms with Crippen LogP contribution in [0.15, 0.2) is 5.11 Å². The van der Waals surface area contributed by atoms with Crippen molar-refractivity contribution in [2.24, 2.45) is 5.11 Å². The van der Waals surface area contributed by atoms with Crippen molar-refractivity contribution in [1.82, 2.24) is 20.4 Å². The number of carbonyl (C=O) groups excluding carboxylic acids is 4. The van der Waals surface area contributed by atoms with Gasteiger partial charge in [-0.05, 0) is 19.0 Å². The first-order chi connectivity index (χ1) is 12.3. The Labute approximate surface area is 152 Å². The molecule has 0 bridgehead atoms. The summed E-state index contributed by atoms with van der Waals surface area (Å²) >= 11 is 0. The predicted octanol–water partition coefficient (Wildman–Crippen LogP) is -0.713. The second-order valence-corrected chi connectivity index (χ2v) is 5.71. The van der Waals surface area contributed by atoms with Crippen LogP contribution in [0, 0.1) is 0 Å². The second kappa shape index (κ2) is 12.7. The summed E-state index contributed by atoms with van der Waals surface area (Å²) < 4.78 is 0. The van der Waals surface area contributed by atoms with E-state index in [-0.39, 0.29) is 50.7 Å². The molecular weight excluding hydrogens is 342 g/mol. The average Bonchev–Trinajstić information content (AvgIpc) is 2.60. The second-order valence-electron chi connectivity index (χ2n) is 5.71. The molecule has 2 N–H and O–H groups in total. The number of hydrogen-bond acceptors (Lipinski definition) is 6. The van der Waals surface area contributed by atoms with E-state index in [0.717, 1.165) is 0 Å². The Balaban J connectivity index is 4.60. The molecule has 1 unspecified atom stereocenters. The Morgan fingerprint density at radius 2 is 1.73 bits per heavy atom. The van der Waals surface area contributed by atoms with Gasteiger partial charge < -0.3 is 20.4 Å². The highest BCUT2D eigenvalue weighted by atomic mass is 16.2. The number of rotatable bonds is 12. The summed E-state index contributed by atoms with van der Waals surface area (Å²) in [5.41, 5.74) is 8.29. The summed E-state index contributed by atoms with van der Waals surface area (Å²) in [6.45, 7) is 1.46. The number of nitrogens with one attached hydrogen (secondary N) is 2. The maximum atomic E-state index is 12.1. The van der Waals surface area contributed by atoms with Crippen LogP contribution in [-0.2, 0) is 19.2 Å². The molecule has 1 atom stereocenters. The van der Waals surface area contributed by atoms with Gasteiger partial charge in [0.1, 0.15) is 0 Å². The van der Waals surface area contributed by atoms with Gasteiger partial charge in [0.05, 0.1) is 25.7 Å². The van der Waals surface area contributed by atoms with E-state index in [9.17, 15) is 19.2 Å². The molecule has 11 heteroatoms. The predicted molar refractivity (Wildman–Crippen MR) is 95.1 cm³/mol. The number of Topliss-reactive ketones (excluding diaryl/α,β-unsaturated/α-hetero) is 1. The van der Waals surface area contributed by atoms with Crippen molar-refractivity contribution < 1.29 is 19.2 Å². The molecule has 0 saturated heterocycles. The molecule has 0 saturated carbocycles. The fourth-order valence-corrected chi connectivity index (χ4v) is 2.03. The molecule has 0 aromatic rings. The van der Waals surface area contributed by atoms with Crippen LogP contribution in [0.4, 0.5) is 0 Å². The van der Waals surface area contributed by atoms with Gasteiger partial charge in [-0.1, -0.05) is 12.0 Å². The van der Waals surface area contributed by atoms with Gasteiger partial charge in [0.25, 0.3) is 0 Å². The van der Waals surface area contributed by atoms with E-state index in [2.05, 4.69) is 20.7 Å². The SMILES string of the molecule is CCC(=O)C(CCN=[N+]=[N-])NC(=O)CN(C)C(=O)CN(C)C(=O)CNC. The van der Waals surface area contributed by atoms with Crippen LogP contribution in [0.3, 0.4) is 0 Å². The number of carbonyl (C=O) groups is 4. The van der Waals surface area contributed by atoms with Crippen LogP contribution in [0.5, 0.6) is 0 Å². The van der Waals surface area contributed by atoms with E-state index >= 15 is 0 Å². The third-order valence-corrected chi connectivity index (χ3v) is 3.59. The Hall–Kier alpha value is -2.65. The van der Waals surface area contributed by atoms with Crippen molar-refractivity contribution in [3.63, 3.8) is 0 Å². The van der Waals surface area contributed by atoms with Gasteiger partial charge >= 0.3 is 0 Å². The van der Waals surface area contributed by atoms with Crippen molar-refractivity contribution in [2.45, 2.75) is 25.8 Å². The Kier molecular flexibility index (Phi) is 11.4. The van der Waals surface area contributed by atoms with Gasteiger partial charge in [-0.3, -0.25) is 19.2 Å². The fourth-order valence-electron chi connectivity index (χ4n) is 2.03. The Morgan fingerprint density at radius 3 is 2.27 bits per heavy atom. The third kappa shape index (κ3) is 9.00. The van der Waals surface area contributed by atoms with E-state index in [1.807, 2.05) is 0 Å². The van der Waals surface area contributed by atoms with E-state index in [0.29, 0.717) is 0 Å². The summed E-state index contributed by atoms with van der Waals surface area (Å²) in [7, 11) is 4.56. The maximum Gasteiger partial charge on any atom is 0.242 e. The van der Waals surface area contributed by atoms with Gasteiger partial charge in [0, 0.05) is 32.0 Å². The molecule has 11 nitrogen and oxygen atoms in total.